The first-order valence-electron chi connectivity index (χ1n) is 5.93. The van der Waals surface area contributed by atoms with E-state index in [0.29, 0.717) is 16.3 Å². The summed E-state index contributed by atoms with van der Waals surface area (Å²) in [7, 11) is 0. The molecule has 0 aliphatic heterocycles. The highest BCUT2D eigenvalue weighted by Gasteiger charge is 2.18. The molecule has 1 amide bonds. The van der Waals surface area contributed by atoms with Crippen LogP contribution in [0, 0.1) is 0 Å². The molecule has 4 N–H and O–H groups in total. The number of nitrogens with zero attached hydrogens (tertiary/aromatic N) is 1. The number of aromatic nitrogens is 1. The Balaban J connectivity index is 2.12. The van der Waals surface area contributed by atoms with Crippen LogP contribution in [0.3, 0.4) is 0 Å². The van der Waals surface area contributed by atoms with Crippen molar-refractivity contribution < 1.29 is 14.7 Å². The number of hydrogen-bond donors (Lipinski definition) is 3. The summed E-state index contributed by atoms with van der Waals surface area (Å²) < 4.78 is 0.788. The third-order valence-corrected chi connectivity index (χ3v) is 4.24. The third kappa shape index (κ3) is 3.59. The Morgan fingerprint density at radius 2 is 2.19 bits per heavy atom. The molecule has 21 heavy (non-hydrogen) atoms. The van der Waals surface area contributed by atoms with E-state index in [1.165, 1.54) is 16.7 Å². The van der Waals surface area contributed by atoms with E-state index in [4.69, 9.17) is 10.8 Å². The number of amides is 1. The predicted octanol–water partition coefficient (Wildman–Crippen LogP) is 2.68. The van der Waals surface area contributed by atoms with Gasteiger partial charge in [-0.15, -0.1) is 11.3 Å². The number of carbonyl (C=O) groups excluding carboxylic acids is 1. The van der Waals surface area contributed by atoms with E-state index in [1.807, 2.05) is 0 Å². The molecule has 0 saturated heterocycles. The van der Waals surface area contributed by atoms with Crippen molar-refractivity contribution in [2.24, 2.45) is 0 Å². The molecule has 1 heterocycles. The largest absolute Gasteiger partial charge is 0.476 e. The van der Waals surface area contributed by atoms with Gasteiger partial charge in [0.25, 0.3) is 5.91 Å². The molecule has 110 valence electrons. The van der Waals surface area contributed by atoms with E-state index in [0.717, 1.165) is 4.47 Å². The van der Waals surface area contributed by atoms with Crippen molar-refractivity contribution in [1.29, 1.82) is 0 Å². The van der Waals surface area contributed by atoms with Crippen molar-refractivity contribution in [3.8, 4) is 0 Å². The molecular weight excluding hydrogens is 358 g/mol. The van der Waals surface area contributed by atoms with Gasteiger partial charge in [-0.3, -0.25) is 4.79 Å². The molecular formula is C13H12BrN3O3S. The second-order valence-electron chi connectivity index (χ2n) is 4.30. The maximum Gasteiger partial charge on any atom is 0.355 e. The average Bonchev–Trinajstić information content (AvgIpc) is 2.88. The van der Waals surface area contributed by atoms with Crippen molar-refractivity contribution in [2.45, 2.75) is 13.0 Å². The average molecular weight is 370 g/mol. The number of aromatic carboxylic acids is 1. The van der Waals surface area contributed by atoms with Crippen LogP contribution in [0.1, 0.15) is 38.8 Å². The van der Waals surface area contributed by atoms with Gasteiger partial charge in [0.05, 0.1) is 11.6 Å². The molecule has 1 aromatic carbocycles. The zero-order chi connectivity index (χ0) is 15.6. The van der Waals surface area contributed by atoms with Gasteiger partial charge in [-0.1, -0.05) is 15.9 Å². The Bertz CT molecular complexity index is 702. The zero-order valence-electron chi connectivity index (χ0n) is 11.0. The Morgan fingerprint density at radius 1 is 1.48 bits per heavy atom. The summed E-state index contributed by atoms with van der Waals surface area (Å²) in [6.07, 6.45) is 0. The van der Waals surface area contributed by atoms with Crippen LogP contribution in [0.4, 0.5) is 5.69 Å². The maximum atomic E-state index is 12.2. The minimum absolute atomic E-state index is 0.0285. The number of nitrogens with two attached hydrogens (primary N) is 1. The molecule has 6 nitrogen and oxygen atoms in total. The SMILES string of the molecule is CC(NC(=O)c1ccc(Br)cc1N)c1nc(C(=O)O)cs1. The van der Waals surface area contributed by atoms with Gasteiger partial charge in [-0.05, 0) is 25.1 Å². The number of nitrogens with one attached hydrogen (secondary N) is 1. The summed E-state index contributed by atoms with van der Waals surface area (Å²) in [6.45, 7) is 1.73. The van der Waals surface area contributed by atoms with Crippen molar-refractivity contribution in [2.75, 3.05) is 5.73 Å². The van der Waals surface area contributed by atoms with Gasteiger partial charge in [0.2, 0.25) is 0 Å². The number of carbonyl (C=O) groups is 2. The number of anilines is 1. The molecule has 0 bridgehead atoms. The molecule has 0 spiro atoms. The molecule has 1 atom stereocenters. The van der Waals surface area contributed by atoms with Gasteiger partial charge >= 0.3 is 5.97 Å². The highest BCUT2D eigenvalue weighted by molar-refractivity contribution is 9.10. The Hall–Kier alpha value is -1.93. The van der Waals surface area contributed by atoms with Crippen LogP contribution in [-0.2, 0) is 0 Å². The number of benzene rings is 1. The molecule has 1 aromatic heterocycles. The number of carboxylic acid groups (broad SMARTS) is 1. The molecule has 1 unspecified atom stereocenters. The fraction of sp³-hybridized carbons (Fsp3) is 0.154. The fourth-order valence-electron chi connectivity index (χ4n) is 1.66. The fourth-order valence-corrected chi connectivity index (χ4v) is 2.84. The van der Waals surface area contributed by atoms with Crippen LogP contribution in [0.25, 0.3) is 0 Å². The minimum Gasteiger partial charge on any atom is -0.476 e. The molecule has 0 fully saturated rings. The van der Waals surface area contributed by atoms with E-state index in [9.17, 15) is 9.59 Å². The standard InChI is InChI=1S/C13H12BrN3O3S/c1-6(12-17-10(5-21-12)13(19)20)16-11(18)8-3-2-7(14)4-9(8)15/h2-6H,15H2,1H3,(H,16,18)(H,19,20). The number of hydrogen-bond acceptors (Lipinski definition) is 5. The van der Waals surface area contributed by atoms with Gasteiger partial charge in [-0.2, -0.15) is 0 Å². The smallest absolute Gasteiger partial charge is 0.355 e. The van der Waals surface area contributed by atoms with Crippen LogP contribution < -0.4 is 11.1 Å². The highest BCUT2D eigenvalue weighted by atomic mass is 79.9. The first-order chi connectivity index (χ1) is 9.88. The van der Waals surface area contributed by atoms with Gasteiger partial charge in [0, 0.05) is 15.5 Å². The van der Waals surface area contributed by atoms with E-state index < -0.39 is 12.0 Å². The molecule has 0 radical (unpaired) electrons. The summed E-state index contributed by atoms with van der Waals surface area (Å²) >= 11 is 4.46. The molecule has 0 saturated carbocycles. The van der Waals surface area contributed by atoms with Crippen LogP contribution in [-0.4, -0.2) is 22.0 Å². The summed E-state index contributed by atoms with van der Waals surface area (Å²) in [5, 5.41) is 13.5. The number of carboxylic acids is 1. The van der Waals surface area contributed by atoms with Crippen LogP contribution in [0.15, 0.2) is 28.1 Å². The van der Waals surface area contributed by atoms with E-state index in [2.05, 4.69) is 26.2 Å². The molecule has 0 aliphatic carbocycles. The Labute approximate surface area is 133 Å². The molecule has 2 rings (SSSR count). The lowest BCUT2D eigenvalue weighted by Gasteiger charge is -2.12. The Kier molecular flexibility index (Phi) is 4.59. The van der Waals surface area contributed by atoms with E-state index >= 15 is 0 Å². The number of nitrogen functional groups attached to an aromatic ring is 1. The topological polar surface area (TPSA) is 105 Å². The second kappa shape index (κ2) is 6.23. The van der Waals surface area contributed by atoms with Gasteiger partial charge < -0.3 is 16.2 Å². The Morgan fingerprint density at radius 3 is 2.76 bits per heavy atom. The van der Waals surface area contributed by atoms with Crippen molar-refractivity contribution in [3.05, 3.63) is 44.3 Å². The van der Waals surface area contributed by atoms with Crippen molar-refractivity contribution >= 4 is 44.8 Å². The predicted molar refractivity (Wildman–Crippen MR) is 83.5 cm³/mol. The molecule has 0 aliphatic rings. The number of halogens is 1. The molecule has 8 heteroatoms. The van der Waals surface area contributed by atoms with Crippen LogP contribution >= 0.6 is 27.3 Å². The lowest BCUT2D eigenvalue weighted by molar-refractivity contribution is 0.0691. The zero-order valence-corrected chi connectivity index (χ0v) is 13.4. The summed E-state index contributed by atoms with van der Waals surface area (Å²) in [5.74, 6) is -1.42. The van der Waals surface area contributed by atoms with Crippen LogP contribution in [0.2, 0.25) is 0 Å². The summed E-state index contributed by atoms with van der Waals surface area (Å²) in [4.78, 5) is 26.9. The summed E-state index contributed by atoms with van der Waals surface area (Å²) in [5.41, 5.74) is 6.49. The maximum absolute atomic E-state index is 12.2. The lowest BCUT2D eigenvalue weighted by Crippen LogP contribution is -2.27. The normalized spacial score (nSPS) is 11.9. The second-order valence-corrected chi connectivity index (χ2v) is 6.11. The quantitative estimate of drug-likeness (QED) is 0.718. The number of thiazole rings is 1. The van der Waals surface area contributed by atoms with E-state index in [-0.39, 0.29) is 11.6 Å². The van der Waals surface area contributed by atoms with Gasteiger partial charge in [0.15, 0.2) is 5.69 Å². The lowest BCUT2D eigenvalue weighted by atomic mass is 10.1. The highest BCUT2D eigenvalue weighted by Crippen LogP contribution is 2.21. The van der Waals surface area contributed by atoms with Crippen molar-refractivity contribution in [1.82, 2.24) is 10.3 Å². The monoisotopic (exact) mass is 369 g/mol. The molecule has 2 aromatic rings. The first kappa shape index (κ1) is 15.5. The first-order valence-corrected chi connectivity index (χ1v) is 7.60. The van der Waals surface area contributed by atoms with Crippen LogP contribution in [0.5, 0.6) is 0 Å². The van der Waals surface area contributed by atoms with Gasteiger partial charge in [-0.25, -0.2) is 9.78 Å². The van der Waals surface area contributed by atoms with E-state index in [1.54, 1.807) is 25.1 Å². The third-order valence-electron chi connectivity index (χ3n) is 2.72. The van der Waals surface area contributed by atoms with Gasteiger partial charge in [0.1, 0.15) is 5.01 Å². The minimum atomic E-state index is -1.09. The summed E-state index contributed by atoms with van der Waals surface area (Å²) in [6, 6.07) is 4.58. The van der Waals surface area contributed by atoms with Crippen molar-refractivity contribution in [3.63, 3.8) is 0 Å². The number of rotatable bonds is 4.